The highest BCUT2D eigenvalue weighted by molar-refractivity contribution is 6.25. The highest BCUT2D eigenvalue weighted by Crippen LogP contribution is 2.57. The van der Waals surface area contributed by atoms with Crippen LogP contribution in [0.5, 0.6) is 0 Å². The van der Waals surface area contributed by atoms with E-state index in [2.05, 4.69) is 275 Å². The second-order valence-corrected chi connectivity index (χ2v) is 22.6. The molecule has 0 fully saturated rings. The fraction of sp³-hybridized carbons (Fsp3) is 0.211. The molecule has 10 aromatic rings. The molecule has 0 aromatic heterocycles. The Kier molecular flexibility index (Phi) is 11.9. The Morgan fingerprint density at radius 2 is 0.554 bits per heavy atom. The van der Waals surface area contributed by atoms with Gasteiger partial charge in [-0.3, -0.25) is 0 Å². The molecule has 74 heavy (non-hydrogen) atoms. The molecule has 0 bridgehead atoms. The minimum Gasteiger partial charge on any atom is -0.310 e. The zero-order valence-electron chi connectivity index (χ0n) is 45.9. The Morgan fingerprint density at radius 3 is 0.932 bits per heavy atom. The summed E-state index contributed by atoms with van der Waals surface area (Å²) in [6.45, 7) is 31.5. The van der Waals surface area contributed by atoms with Gasteiger partial charge in [-0.25, -0.2) is 0 Å². The molecule has 1 aliphatic carbocycles. The van der Waals surface area contributed by atoms with Crippen molar-refractivity contribution in [2.75, 3.05) is 14.7 Å². The minimum atomic E-state index is -0.236. The third-order valence-corrected chi connectivity index (χ3v) is 15.2. The summed E-state index contributed by atoms with van der Waals surface area (Å²) >= 11 is 0. The number of anilines is 9. The number of benzene rings is 10. The fourth-order valence-corrected chi connectivity index (χ4v) is 12.7. The van der Waals surface area contributed by atoms with Gasteiger partial charge in [0.1, 0.15) is 0 Å². The van der Waals surface area contributed by atoms with Crippen molar-refractivity contribution in [3.8, 4) is 11.1 Å². The number of hydrogen-bond donors (Lipinski definition) is 0. The topological polar surface area (TPSA) is 9.72 Å². The molecule has 10 aromatic carbocycles. The van der Waals surface area contributed by atoms with Gasteiger partial charge >= 0.3 is 0 Å². The molecule has 1 aliphatic rings. The molecule has 0 N–H and O–H groups in total. The van der Waals surface area contributed by atoms with Gasteiger partial charge in [-0.15, -0.1) is 0 Å². The van der Waals surface area contributed by atoms with E-state index in [0.29, 0.717) is 0 Å². The van der Waals surface area contributed by atoms with Gasteiger partial charge in [0.15, 0.2) is 0 Å². The Balaban J connectivity index is 1.40. The quantitative estimate of drug-likeness (QED) is 0.105. The van der Waals surface area contributed by atoms with Crippen LogP contribution in [0.3, 0.4) is 0 Å². The Morgan fingerprint density at radius 1 is 0.243 bits per heavy atom. The van der Waals surface area contributed by atoms with Crippen molar-refractivity contribution < 1.29 is 0 Å². The first-order valence-electron chi connectivity index (χ1n) is 26.4. The van der Waals surface area contributed by atoms with E-state index in [4.69, 9.17) is 0 Å². The normalized spacial score (nSPS) is 12.6. The van der Waals surface area contributed by atoms with Crippen LogP contribution >= 0.6 is 0 Å². The molecule has 0 amide bonds. The number of nitrogens with zero attached hydrogens (tertiary/aromatic N) is 3. The molecular weight excluding hydrogens is 895 g/mol. The summed E-state index contributed by atoms with van der Waals surface area (Å²) in [4.78, 5) is 7.66. The predicted molar refractivity (Wildman–Crippen MR) is 320 cm³/mol. The maximum Gasteiger partial charge on any atom is 0.0620 e. The van der Waals surface area contributed by atoms with Crippen LogP contribution in [-0.4, -0.2) is 0 Å². The van der Waals surface area contributed by atoms with Crippen LogP contribution in [-0.2, 0) is 5.41 Å². The zero-order chi connectivity index (χ0) is 52.1. The lowest BCUT2D eigenvalue weighted by Crippen LogP contribution is -2.17. The smallest absolute Gasteiger partial charge is 0.0620 e. The minimum absolute atomic E-state index is 0.236. The average Bonchev–Trinajstić information content (AvgIpc) is 3.52. The molecule has 3 nitrogen and oxygen atoms in total. The van der Waals surface area contributed by atoms with E-state index in [-0.39, 0.29) is 5.41 Å². The van der Waals surface area contributed by atoms with E-state index in [1.807, 2.05) is 0 Å². The molecule has 0 radical (unpaired) electrons. The van der Waals surface area contributed by atoms with Gasteiger partial charge in [0, 0.05) is 66.8 Å². The van der Waals surface area contributed by atoms with Crippen LogP contribution in [0, 0.1) is 83.1 Å². The fourth-order valence-electron chi connectivity index (χ4n) is 12.7. The molecule has 0 heterocycles. The van der Waals surface area contributed by atoms with E-state index in [9.17, 15) is 0 Å². The summed E-state index contributed by atoms with van der Waals surface area (Å²) in [6, 6.07) is 63.6. The van der Waals surface area contributed by atoms with Crippen LogP contribution in [0.4, 0.5) is 51.2 Å². The summed E-state index contributed by atoms with van der Waals surface area (Å²) < 4.78 is 0. The van der Waals surface area contributed by atoms with E-state index in [0.717, 1.165) is 50.9 Å². The van der Waals surface area contributed by atoms with E-state index in [1.54, 1.807) is 0 Å². The number of fused-ring (bicyclic) bond motifs is 5. The van der Waals surface area contributed by atoms with Gasteiger partial charge in [-0.05, 0) is 269 Å². The van der Waals surface area contributed by atoms with Gasteiger partial charge < -0.3 is 14.7 Å². The van der Waals surface area contributed by atoms with Crippen LogP contribution in [0.2, 0.25) is 0 Å². The maximum atomic E-state index is 2.59. The lowest BCUT2D eigenvalue weighted by molar-refractivity contribution is 0.661. The molecule has 0 spiro atoms. The zero-order valence-corrected chi connectivity index (χ0v) is 45.9. The molecule has 0 atom stereocenters. The van der Waals surface area contributed by atoms with E-state index in [1.165, 1.54) is 111 Å². The molecule has 0 saturated carbocycles. The van der Waals surface area contributed by atoms with Crippen molar-refractivity contribution in [1.29, 1.82) is 0 Å². The largest absolute Gasteiger partial charge is 0.310 e. The molecular formula is C71H69N3. The van der Waals surface area contributed by atoms with Gasteiger partial charge in [0.25, 0.3) is 0 Å². The predicted octanol–water partition coefficient (Wildman–Crippen LogP) is 20.4. The number of aryl methyl sites for hydroxylation is 12. The Labute approximate surface area is 440 Å². The van der Waals surface area contributed by atoms with E-state index >= 15 is 0 Å². The van der Waals surface area contributed by atoms with Crippen LogP contribution < -0.4 is 14.7 Å². The second kappa shape index (κ2) is 18.3. The number of rotatable bonds is 9. The summed E-state index contributed by atoms with van der Waals surface area (Å²) in [5.41, 5.74) is 30.0. The second-order valence-electron chi connectivity index (χ2n) is 22.6. The summed E-state index contributed by atoms with van der Waals surface area (Å²) in [5, 5.41) is 4.73. The maximum absolute atomic E-state index is 2.59. The number of hydrogen-bond acceptors (Lipinski definition) is 3. The van der Waals surface area contributed by atoms with Crippen LogP contribution in [0.1, 0.15) is 91.7 Å². The molecule has 0 unspecified atom stereocenters. The average molecular weight is 964 g/mol. The van der Waals surface area contributed by atoms with Gasteiger partial charge in [-0.2, -0.15) is 0 Å². The summed E-state index contributed by atoms with van der Waals surface area (Å²) in [6.07, 6.45) is 0. The molecule has 3 heteroatoms. The van der Waals surface area contributed by atoms with Crippen LogP contribution in [0.25, 0.3) is 32.7 Å². The highest BCUT2D eigenvalue weighted by atomic mass is 15.2. The monoisotopic (exact) mass is 964 g/mol. The molecule has 0 saturated heterocycles. The summed E-state index contributed by atoms with van der Waals surface area (Å²) in [7, 11) is 0. The van der Waals surface area contributed by atoms with E-state index < -0.39 is 0 Å². The van der Waals surface area contributed by atoms with Crippen molar-refractivity contribution in [2.24, 2.45) is 0 Å². The Bertz CT molecular complexity index is 3650. The lowest BCUT2D eigenvalue weighted by atomic mass is 9.81. The summed E-state index contributed by atoms with van der Waals surface area (Å²) in [5.74, 6) is 0. The SMILES string of the molecule is Cc1cc(C)cc(N(c2cc(C)cc(C)c2)c2ccc3c(N(c4cc(C)cc(C)c4)c4cc(C)cc(C)c4)c4cc5c(cc4c(N(c4cc(C)cc(C)c4)c4cc(C)cc(C)c4)c3c2)-c2ccccc2C5(C)C)c1. The first kappa shape index (κ1) is 48.4. The Hall–Kier alpha value is -7.88. The first-order valence-corrected chi connectivity index (χ1v) is 26.4. The van der Waals surface area contributed by atoms with Crippen molar-refractivity contribution in [1.82, 2.24) is 0 Å². The molecule has 11 rings (SSSR count). The van der Waals surface area contributed by atoms with Crippen molar-refractivity contribution in [3.63, 3.8) is 0 Å². The van der Waals surface area contributed by atoms with Crippen molar-refractivity contribution >= 4 is 72.7 Å². The van der Waals surface area contributed by atoms with Crippen molar-refractivity contribution in [2.45, 2.75) is 102 Å². The molecule has 368 valence electrons. The third kappa shape index (κ3) is 8.62. The standard InChI is InChI=1S/C71H69N3/c1-42-21-43(2)28-55(27-42)72(56-29-44(3)22-45(4)30-56)54-19-20-62-64(39-54)70(74(59-35-50(9)25-51(10)36-59)60-37-52(11)26-53(12)38-60)65-40-63-61-17-15-16-18-67(61)71(13,14)68(63)41-66(65)69(62)73(57-31-46(5)23-47(6)32-57)58-33-48(7)24-49(8)34-58/h15-41H,1-14H3. The first-order chi connectivity index (χ1) is 35.3. The van der Waals surface area contributed by atoms with Gasteiger partial charge in [-0.1, -0.05) is 80.6 Å². The van der Waals surface area contributed by atoms with Gasteiger partial charge in [0.05, 0.1) is 11.4 Å². The lowest BCUT2D eigenvalue weighted by Gasteiger charge is -2.35. The van der Waals surface area contributed by atoms with Gasteiger partial charge in [0.2, 0.25) is 0 Å². The van der Waals surface area contributed by atoms with Crippen molar-refractivity contribution in [3.05, 3.63) is 242 Å². The molecule has 0 aliphatic heterocycles. The highest BCUT2D eigenvalue weighted by Gasteiger charge is 2.37. The van der Waals surface area contributed by atoms with Crippen LogP contribution in [0.15, 0.2) is 164 Å². The third-order valence-electron chi connectivity index (χ3n) is 15.2.